The summed E-state index contributed by atoms with van der Waals surface area (Å²) in [5.74, 6) is 1.07. The fourth-order valence-electron chi connectivity index (χ4n) is 1.92. The second kappa shape index (κ2) is 8.14. The highest BCUT2D eigenvalue weighted by Crippen LogP contribution is 2.23. The molecular weight excluding hydrogens is 312 g/mol. The largest absolute Gasteiger partial charge is 0.497 e. The zero-order valence-electron chi connectivity index (χ0n) is 13.0. The van der Waals surface area contributed by atoms with E-state index in [4.69, 9.17) is 21.7 Å². The molecule has 2 N–H and O–H groups in total. The van der Waals surface area contributed by atoms with Crippen molar-refractivity contribution in [2.75, 3.05) is 19.0 Å². The van der Waals surface area contributed by atoms with Crippen molar-refractivity contribution in [3.63, 3.8) is 0 Å². The second-order valence-corrected chi connectivity index (χ2v) is 4.97. The molecule has 2 aromatic rings. The fraction of sp³-hybridized carbons (Fsp3) is 0.176. The van der Waals surface area contributed by atoms with Crippen LogP contribution in [0.2, 0.25) is 0 Å². The lowest BCUT2D eigenvalue weighted by atomic mass is 10.2. The lowest BCUT2D eigenvalue weighted by Crippen LogP contribution is -2.34. The van der Waals surface area contributed by atoms with Gasteiger partial charge in [0.2, 0.25) is 0 Å². The number of amides is 1. The van der Waals surface area contributed by atoms with E-state index in [1.165, 1.54) is 0 Å². The summed E-state index contributed by atoms with van der Waals surface area (Å²) in [7, 11) is 1.57. The number of ether oxygens (including phenoxy) is 2. The molecule has 0 spiro atoms. The van der Waals surface area contributed by atoms with Crippen molar-refractivity contribution in [2.45, 2.75) is 6.92 Å². The van der Waals surface area contributed by atoms with Gasteiger partial charge in [0.1, 0.15) is 11.5 Å². The van der Waals surface area contributed by atoms with Gasteiger partial charge in [-0.2, -0.15) is 0 Å². The summed E-state index contributed by atoms with van der Waals surface area (Å²) >= 11 is 5.18. The zero-order chi connectivity index (χ0) is 16.7. The summed E-state index contributed by atoms with van der Waals surface area (Å²) < 4.78 is 10.6. The third-order valence-electron chi connectivity index (χ3n) is 3.01. The number of thiocarbonyl (C=S) groups is 1. The maximum Gasteiger partial charge on any atom is 0.257 e. The molecule has 120 valence electrons. The molecule has 0 aromatic heterocycles. The first-order valence-corrected chi connectivity index (χ1v) is 7.53. The Labute approximate surface area is 140 Å². The number of carbonyl (C=O) groups excluding carboxylic acids is 1. The third-order valence-corrected chi connectivity index (χ3v) is 3.22. The highest BCUT2D eigenvalue weighted by molar-refractivity contribution is 7.80. The van der Waals surface area contributed by atoms with E-state index in [-0.39, 0.29) is 11.0 Å². The maximum absolute atomic E-state index is 12.1. The SMILES string of the molecule is CCOc1ccccc1NC(=S)NC(=O)c1ccc(OC)cc1. The van der Waals surface area contributed by atoms with Crippen molar-refractivity contribution < 1.29 is 14.3 Å². The van der Waals surface area contributed by atoms with Crippen LogP contribution in [0.5, 0.6) is 11.5 Å². The van der Waals surface area contributed by atoms with Crippen molar-refractivity contribution in [1.82, 2.24) is 5.32 Å². The molecular formula is C17H18N2O3S. The van der Waals surface area contributed by atoms with Crippen molar-refractivity contribution in [1.29, 1.82) is 0 Å². The van der Waals surface area contributed by atoms with Gasteiger partial charge in [0.05, 0.1) is 19.4 Å². The molecule has 0 fully saturated rings. The van der Waals surface area contributed by atoms with Gasteiger partial charge in [0, 0.05) is 5.56 Å². The first-order valence-electron chi connectivity index (χ1n) is 7.12. The molecule has 0 heterocycles. The van der Waals surface area contributed by atoms with Gasteiger partial charge in [0.15, 0.2) is 5.11 Å². The molecule has 1 amide bonds. The zero-order valence-corrected chi connectivity index (χ0v) is 13.8. The second-order valence-electron chi connectivity index (χ2n) is 4.57. The molecule has 23 heavy (non-hydrogen) atoms. The minimum Gasteiger partial charge on any atom is -0.497 e. The van der Waals surface area contributed by atoms with Gasteiger partial charge in [-0.15, -0.1) is 0 Å². The molecule has 0 radical (unpaired) electrons. The maximum atomic E-state index is 12.1. The van der Waals surface area contributed by atoms with E-state index >= 15 is 0 Å². The van der Waals surface area contributed by atoms with Gasteiger partial charge in [-0.1, -0.05) is 12.1 Å². The van der Waals surface area contributed by atoms with Crippen LogP contribution in [0.25, 0.3) is 0 Å². The Hall–Kier alpha value is -2.60. The normalized spacial score (nSPS) is 9.83. The molecule has 2 rings (SSSR count). The van der Waals surface area contributed by atoms with Gasteiger partial charge < -0.3 is 14.8 Å². The van der Waals surface area contributed by atoms with Crippen LogP contribution in [-0.2, 0) is 0 Å². The molecule has 0 aliphatic heterocycles. The summed E-state index contributed by atoms with van der Waals surface area (Å²) in [6.45, 7) is 2.45. The number of rotatable bonds is 5. The number of anilines is 1. The highest BCUT2D eigenvalue weighted by Gasteiger charge is 2.10. The van der Waals surface area contributed by atoms with E-state index < -0.39 is 0 Å². The molecule has 0 saturated carbocycles. The summed E-state index contributed by atoms with van der Waals surface area (Å²) in [5, 5.41) is 5.81. The molecule has 0 atom stereocenters. The Kier molecular flexibility index (Phi) is 5.94. The fourth-order valence-corrected chi connectivity index (χ4v) is 2.13. The highest BCUT2D eigenvalue weighted by atomic mass is 32.1. The van der Waals surface area contributed by atoms with Gasteiger partial charge in [-0.25, -0.2) is 0 Å². The number of hydrogen-bond donors (Lipinski definition) is 2. The van der Waals surface area contributed by atoms with E-state index in [2.05, 4.69) is 10.6 Å². The quantitative estimate of drug-likeness (QED) is 0.824. The van der Waals surface area contributed by atoms with Crippen LogP contribution in [-0.4, -0.2) is 24.7 Å². The van der Waals surface area contributed by atoms with Crippen LogP contribution < -0.4 is 20.1 Å². The Morgan fingerprint density at radius 2 is 1.83 bits per heavy atom. The van der Waals surface area contributed by atoms with Crippen molar-refractivity contribution >= 4 is 28.9 Å². The van der Waals surface area contributed by atoms with E-state index in [9.17, 15) is 4.79 Å². The number of hydrogen-bond acceptors (Lipinski definition) is 4. The molecule has 0 bridgehead atoms. The smallest absolute Gasteiger partial charge is 0.257 e. The topological polar surface area (TPSA) is 59.6 Å². The minimum absolute atomic E-state index is 0.206. The van der Waals surface area contributed by atoms with Gasteiger partial charge >= 0.3 is 0 Å². The van der Waals surface area contributed by atoms with Crippen LogP contribution in [0, 0.1) is 0 Å². The lowest BCUT2D eigenvalue weighted by Gasteiger charge is -2.13. The first kappa shape index (κ1) is 16.8. The minimum atomic E-state index is -0.293. The van der Waals surface area contributed by atoms with Crippen LogP contribution >= 0.6 is 12.2 Å². The monoisotopic (exact) mass is 330 g/mol. The average Bonchev–Trinajstić information content (AvgIpc) is 2.57. The number of nitrogens with one attached hydrogen (secondary N) is 2. The molecule has 0 saturated heterocycles. The summed E-state index contributed by atoms with van der Waals surface area (Å²) in [6, 6.07) is 14.2. The van der Waals surface area contributed by atoms with Crippen molar-refractivity contribution in [3.8, 4) is 11.5 Å². The van der Waals surface area contributed by atoms with Crippen molar-refractivity contribution in [2.24, 2.45) is 0 Å². The Bertz CT molecular complexity index is 686. The Balaban J connectivity index is 2.00. The van der Waals surface area contributed by atoms with Crippen LogP contribution in [0.1, 0.15) is 17.3 Å². The Morgan fingerprint density at radius 3 is 2.48 bits per heavy atom. The lowest BCUT2D eigenvalue weighted by molar-refractivity contribution is 0.0977. The summed E-state index contributed by atoms with van der Waals surface area (Å²) in [5.41, 5.74) is 1.20. The van der Waals surface area contributed by atoms with Crippen LogP contribution in [0.3, 0.4) is 0 Å². The van der Waals surface area contributed by atoms with Crippen LogP contribution in [0.4, 0.5) is 5.69 Å². The molecule has 5 nitrogen and oxygen atoms in total. The van der Waals surface area contributed by atoms with E-state index in [1.54, 1.807) is 31.4 Å². The third kappa shape index (κ3) is 4.69. The predicted molar refractivity (Wildman–Crippen MR) is 94.3 cm³/mol. The summed E-state index contributed by atoms with van der Waals surface area (Å²) in [6.07, 6.45) is 0. The Morgan fingerprint density at radius 1 is 1.13 bits per heavy atom. The van der Waals surface area contributed by atoms with Gasteiger partial charge in [-0.05, 0) is 55.5 Å². The summed E-state index contributed by atoms with van der Waals surface area (Å²) in [4.78, 5) is 12.1. The number of benzene rings is 2. The number of carbonyl (C=O) groups is 1. The predicted octanol–water partition coefficient (Wildman–Crippen LogP) is 3.22. The van der Waals surface area contributed by atoms with E-state index in [1.807, 2.05) is 31.2 Å². The number of methoxy groups -OCH3 is 1. The molecule has 0 aliphatic rings. The van der Waals surface area contributed by atoms with Crippen molar-refractivity contribution in [3.05, 3.63) is 54.1 Å². The molecule has 2 aromatic carbocycles. The number of para-hydroxylation sites is 2. The van der Waals surface area contributed by atoms with Gasteiger partial charge in [0.25, 0.3) is 5.91 Å². The van der Waals surface area contributed by atoms with Gasteiger partial charge in [-0.3, -0.25) is 10.1 Å². The first-order chi connectivity index (χ1) is 11.1. The average molecular weight is 330 g/mol. The van der Waals surface area contributed by atoms with E-state index in [0.29, 0.717) is 29.4 Å². The molecule has 0 unspecified atom stereocenters. The van der Waals surface area contributed by atoms with E-state index in [0.717, 1.165) is 0 Å². The standard InChI is InChI=1S/C17H18N2O3S/c1-3-22-15-7-5-4-6-14(15)18-17(23)19-16(20)12-8-10-13(21-2)11-9-12/h4-11H,3H2,1-2H3,(H2,18,19,20,23). The van der Waals surface area contributed by atoms with Crippen LogP contribution in [0.15, 0.2) is 48.5 Å². The molecule has 6 heteroatoms. The molecule has 0 aliphatic carbocycles.